The molecule has 2 aliphatic heterocycles. The Bertz CT molecular complexity index is 1910. The van der Waals surface area contributed by atoms with Crippen molar-refractivity contribution < 1.29 is 28.5 Å². The van der Waals surface area contributed by atoms with E-state index in [0.717, 1.165) is 22.2 Å². The Morgan fingerprint density at radius 2 is 1.62 bits per heavy atom. The highest BCUT2D eigenvalue weighted by atomic mass is 35.5. The molecule has 2 aromatic heterocycles. The van der Waals surface area contributed by atoms with Crippen molar-refractivity contribution in [2.24, 2.45) is 0 Å². The third-order valence-corrected chi connectivity index (χ3v) is 8.86. The lowest BCUT2D eigenvalue weighted by Gasteiger charge is -2.29. The third kappa shape index (κ3) is 6.32. The van der Waals surface area contributed by atoms with E-state index in [-0.39, 0.29) is 5.78 Å². The van der Waals surface area contributed by atoms with Crippen LogP contribution in [-0.2, 0) is 30.2 Å². The lowest BCUT2D eigenvalue weighted by atomic mass is 9.98. The first kappa shape index (κ1) is 31.2. The van der Waals surface area contributed by atoms with Gasteiger partial charge in [0.15, 0.2) is 18.1 Å². The van der Waals surface area contributed by atoms with Gasteiger partial charge in [-0.1, -0.05) is 66.2 Å². The summed E-state index contributed by atoms with van der Waals surface area (Å²) in [5, 5.41) is 1.38. The van der Waals surface area contributed by atoms with Crippen LogP contribution in [0.5, 0.6) is 0 Å². The molecule has 0 radical (unpaired) electrons. The molecule has 0 spiro atoms. The molecule has 3 aromatic carbocycles. The van der Waals surface area contributed by atoms with Gasteiger partial charge in [0.05, 0.1) is 11.3 Å². The first-order valence-corrected chi connectivity index (χ1v) is 16.0. The first-order chi connectivity index (χ1) is 22.7. The van der Waals surface area contributed by atoms with Gasteiger partial charge < -0.3 is 28.3 Å². The minimum absolute atomic E-state index is 0.0923. The number of aryl methyl sites for hydroxylation is 1. The molecule has 0 amide bonds. The van der Waals surface area contributed by atoms with Gasteiger partial charge in [-0.25, -0.2) is 14.8 Å². The van der Waals surface area contributed by atoms with E-state index in [1.165, 1.54) is 6.33 Å². The number of ketones is 1. The number of fused-ring (bicyclic) bond motifs is 2. The standard InChI is InChI=1S/C37H34ClN3O6/c1-22(42)9-18-29-28-19-20-41(34(28)40-21-39-29)35-33-32(46-37(2,3)47-33)31(44-35)30(25-14-16-27(38)17-15-25)45-36(43)26-12-10-24(11-13-26)23-7-5-4-6-8-23/h4-8,10-17,19-21,30-33,35H,9,18H2,1-3H3/t30?,31-,32-,33-,35-/m1/s1. The lowest BCUT2D eigenvalue weighted by Crippen LogP contribution is -2.36. The molecule has 9 nitrogen and oxygen atoms in total. The van der Waals surface area contributed by atoms with E-state index in [1.807, 2.05) is 85.3 Å². The van der Waals surface area contributed by atoms with Crippen LogP contribution in [0.3, 0.4) is 0 Å². The molecular formula is C37H34ClN3O6. The molecule has 5 aromatic rings. The number of rotatable bonds is 9. The Hall–Kier alpha value is -4.41. The van der Waals surface area contributed by atoms with Crippen molar-refractivity contribution >= 4 is 34.4 Å². The number of carbonyl (C=O) groups is 2. The summed E-state index contributed by atoms with van der Waals surface area (Å²) in [5.41, 5.74) is 4.59. The number of halogens is 1. The number of nitrogens with zero attached hydrogens (tertiary/aromatic N) is 3. The molecule has 0 aliphatic carbocycles. The number of hydrogen-bond acceptors (Lipinski definition) is 8. The normalized spacial score (nSPS) is 22.2. The maximum absolute atomic E-state index is 13.7. The maximum atomic E-state index is 13.7. The van der Waals surface area contributed by atoms with Gasteiger partial charge in [-0.15, -0.1) is 0 Å². The fourth-order valence-corrected chi connectivity index (χ4v) is 6.51. The van der Waals surface area contributed by atoms with E-state index < -0.39 is 42.4 Å². The average molecular weight is 652 g/mol. The smallest absolute Gasteiger partial charge is 0.338 e. The van der Waals surface area contributed by atoms with E-state index in [1.54, 1.807) is 31.2 Å². The zero-order valence-corrected chi connectivity index (χ0v) is 27.0. The largest absolute Gasteiger partial charge is 0.451 e. The van der Waals surface area contributed by atoms with Crippen LogP contribution in [0.2, 0.25) is 5.02 Å². The average Bonchev–Trinajstić information content (AvgIpc) is 3.74. The Morgan fingerprint density at radius 1 is 0.915 bits per heavy atom. The van der Waals surface area contributed by atoms with Crippen LogP contribution in [0.1, 0.15) is 61.1 Å². The molecule has 0 saturated carbocycles. The zero-order chi connectivity index (χ0) is 32.7. The quantitative estimate of drug-likeness (QED) is 0.153. The maximum Gasteiger partial charge on any atom is 0.338 e. The molecule has 5 atom stereocenters. The van der Waals surface area contributed by atoms with Crippen LogP contribution in [0, 0.1) is 0 Å². The summed E-state index contributed by atoms with van der Waals surface area (Å²) in [5.74, 6) is -1.32. The molecule has 47 heavy (non-hydrogen) atoms. The summed E-state index contributed by atoms with van der Waals surface area (Å²) in [6, 6.07) is 26.4. The lowest BCUT2D eigenvalue weighted by molar-refractivity contribution is -0.207. The van der Waals surface area contributed by atoms with Gasteiger partial charge >= 0.3 is 5.97 Å². The second-order valence-corrected chi connectivity index (χ2v) is 12.8. The van der Waals surface area contributed by atoms with Crippen LogP contribution in [0.4, 0.5) is 0 Å². The Labute approximate surface area is 277 Å². The molecule has 2 fully saturated rings. The number of esters is 1. The van der Waals surface area contributed by atoms with Crippen molar-refractivity contribution in [3.05, 3.63) is 119 Å². The second-order valence-electron chi connectivity index (χ2n) is 12.4. The third-order valence-electron chi connectivity index (χ3n) is 8.60. The summed E-state index contributed by atoms with van der Waals surface area (Å²) in [7, 11) is 0. The molecular weight excluding hydrogens is 618 g/mol. The Balaban J connectivity index is 1.22. The predicted octanol–water partition coefficient (Wildman–Crippen LogP) is 7.29. The molecule has 2 saturated heterocycles. The topological polar surface area (TPSA) is 102 Å². The van der Waals surface area contributed by atoms with Gasteiger partial charge in [0.2, 0.25) is 0 Å². The van der Waals surface area contributed by atoms with Crippen molar-refractivity contribution in [1.82, 2.24) is 14.5 Å². The summed E-state index contributed by atoms with van der Waals surface area (Å²) in [4.78, 5) is 34.4. The van der Waals surface area contributed by atoms with E-state index in [4.69, 9.17) is 30.5 Å². The van der Waals surface area contributed by atoms with Gasteiger partial charge in [0, 0.05) is 23.0 Å². The van der Waals surface area contributed by atoms with E-state index >= 15 is 0 Å². The Kier molecular flexibility index (Phi) is 8.40. The number of carbonyl (C=O) groups excluding carboxylic acids is 2. The second kappa shape index (κ2) is 12.7. The molecule has 1 unspecified atom stereocenters. The predicted molar refractivity (Wildman–Crippen MR) is 176 cm³/mol. The first-order valence-electron chi connectivity index (χ1n) is 15.6. The van der Waals surface area contributed by atoms with Crippen molar-refractivity contribution in [3.63, 3.8) is 0 Å². The summed E-state index contributed by atoms with van der Waals surface area (Å²) in [6.45, 7) is 5.28. The monoisotopic (exact) mass is 651 g/mol. The summed E-state index contributed by atoms with van der Waals surface area (Å²) >= 11 is 6.25. The van der Waals surface area contributed by atoms with Gasteiger partial charge in [0.25, 0.3) is 0 Å². The summed E-state index contributed by atoms with van der Waals surface area (Å²) < 4.78 is 27.8. The summed E-state index contributed by atoms with van der Waals surface area (Å²) in [6.07, 6.45) is 0.898. The molecule has 240 valence electrons. The molecule has 2 aliphatic rings. The van der Waals surface area contributed by atoms with Crippen LogP contribution in [0.15, 0.2) is 97.5 Å². The van der Waals surface area contributed by atoms with Crippen molar-refractivity contribution in [2.45, 2.75) is 70.0 Å². The fourth-order valence-electron chi connectivity index (χ4n) is 6.39. The van der Waals surface area contributed by atoms with Crippen LogP contribution in [0.25, 0.3) is 22.2 Å². The van der Waals surface area contributed by atoms with E-state index in [9.17, 15) is 9.59 Å². The molecule has 4 heterocycles. The van der Waals surface area contributed by atoms with Crippen molar-refractivity contribution in [2.75, 3.05) is 0 Å². The van der Waals surface area contributed by atoms with E-state index in [0.29, 0.717) is 34.6 Å². The van der Waals surface area contributed by atoms with Crippen molar-refractivity contribution in [3.8, 4) is 11.1 Å². The number of ether oxygens (including phenoxy) is 4. The minimum Gasteiger partial charge on any atom is -0.451 e. The fraction of sp³-hybridized carbons (Fsp3) is 0.297. The molecule has 0 bridgehead atoms. The van der Waals surface area contributed by atoms with Gasteiger partial charge in [-0.3, -0.25) is 0 Å². The minimum atomic E-state index is -0.915. The molecule has 10 heteroatoms. The highest BCUT2D eigenvalue weighted by molar-refractivity contribution is 6.30. The van der Waals surface area contributed by atoms with Crippen LogP contribution in [-0.4, -0.2) is 50.4 Å². The Morgan fingerprint density at radius 3 is 2.34 bits per heavy atom. The van der Waals surface area contributed by atoms with Crippen molar-refractivity contribution in [1.29, 1.82) is 0 Å². The van der Waals surface area contributed by atoms with Gasteiger partial charge in [-0.05, 0) is 74.2 Å². The number of hydrogen-bond donors (Lipinski definition) is 0. The number of benzene rings is 3. The highest BCUT2D eigenvalue weighted by Crippen LogP contribution is 2.48. The SMILES string of the molecule is CC(=O)CCc1ncnc2c1ccn2[C@@H]1O[C@H](C(OC(=O)c2ccc(-c3ccccc3)cc2)c2ccc(Cl)cc2)[C@H]2OC(C)(C)O[C@H]21. The number of aromatic nitrogens is 3. The molecule has 7 rings (SSSR count). The molecule has 0 N–H and O–H groups in total. The van der Waals surface area contributed by atoms with Gasteiger partial charge in [0.1, 0.15) is 36.1 Å². The zero-order valence-electron chi connectivity index (χ0n) is 26.2. The van der Waals surface area contributed by atoms with E-state index in [2.05, 4.69) is 9.97 Å². The van der Waals surface area contributed by atoms with Crippen LogP contribution < -0.4 is 0 Å². The van der Waals surface area contributed by atoms with Gasteiger partial charge in [-0.2, -0.15) is 0 Å². The number of Topliss-reactive ketones (excluding diaryl/α,β-unsaturated/α-hetero) is 1. The van der Waals surface area contributed by atoms with Crippen LogP contribution >= 0.6 is 11.6 Å². The highest BCUT2D eigenvalue weighted by Gasteiger charge is 2.59.